The summed E-state index contributed by atoms with van der Waals surface area (Å²) in [7, 11) is 0. The first-order valence-corrected chi connectivity index (χ1v) is 7.07. The van der Waals surface area contributed by atoms with Gasteiger partial charge in [-0.3, -0.25) is 4.79 Å². The highest BCUT2D eigenvalue weighted by Crippen LogP contribution is 2.56. The molecule has 0 aromatic rings. The Kier molecular flexibility index (Phi) is 2.69. The fourth-order valence-electron chi connectivity index (χ4n) is 3.98. The molecule has 0 spiro atoms. The van der Waals surface area contributed by atoms with E-state index < -0.39 is 11.5 Å². The second kappa shape index (κ2) is 3.95. The molecule has 3 rings (SSSR count). The third-order valence-electron chi connectivity index (χ3n) is 5.17. The molecule has 19 heavy (non-hydrogen) atoms. The Morgan fingerprint density at radius 3 is 2.79 bits per heavy atom. The minimum Gasteiger partial charge on any atom is -0.457 e. The predicted octanol–water partition coefficient (Wildman–Crippen LogP) is 2.84. The van der Waals surface area contributed by atoms with Gasteiger partial charge in [0.25, 0.3) is 0 Å². The van der Waals surface area contributed by atoms with Gasteiger partial charge in [-0.15, -0.1) is 0 Å². The standard InChI is InChI=1S/C15H17ClO3/c1-7-4-5-9-8(2)14(18)19-13(9)15(3)10(7)6-11(16)12(15)17/h6-7,9-10,13H,2,4-5H2,1,3H3/t7-,9-,10-,13+,15-/m0/s1. The van der Waals surface area contributed by atoms with Crippen molar-refractivity contribution in [1.82, 2.24) is 0 Å². The lowest BCUT2D eigenvalue weighted by atomic mass is 9.68. The lowest BCUT2D eigenvalue weighted by Crippen LogP contribution is -2.45. The largest absolute Gasteiger partial charge is 0.457 e. The summed E-state index contributed by atoms with van der Waals surface area (Å²) >= 11 is 6.06. The van der Waals surface area contributed by atoms with Crippen molar-refractivity contribution in [1.29, 1.82) is 0 Å². The van der Waals surface area contributed by atoms with Crippen molar-refractivity contribution in [3.05, 3.63) is 23.3 Å². The van der Waals surface area contributed by atoms with Crippen LogP contribution in [0.3, 0.4) is 0 Å². The minimum absolute atomic E-state index is 0.0428. The van der Waals surface area contributed by atoms with Crippen molar-refractivity contribution < 1.29 is 14.3 Å². The number of ether oxygens (including phenoxy) is 1. The van der Waals surface area contributed by atoms with Crippen molar-refractivity contribution in [2.75, 3.05) is 0 Å². The van der Waals surface area contributed by atoms with Gasteiger partial charge in [-0.1, -0.05) is 31.2 Å². The molecule has 3 nitrogen and oxygen atoms in total. The van der Waals surface area contributed by atoms with Crippen molar-refractivity contribution in [3.8, 4) is 0 Å². The lowest BCUT2D eigenvalue weighted by Gasteiger charge is -2.36. The molecular formula is C15H17ClO3. The van der Waals surface area contributed by atoms with Crippen LogP contribution in [0.5, 0.6) is 0 Å². The topological polar surface area (TPSA) is 43.4 Å². The van der Waals surface area contributed by atoms with Gasteiger partial charge in [-0.2, -0.15) is 0 Å². The molecule has 0 amide bonds. The molecule has 3 aliphatic rings. The number of hydrogen-bond acceptors (Lipinski definition) is 3. The summed E-state index contributed by atoms with van der Waals surface area (Å²) in [6, 6.07) is 0. The van der Waals surface area contributed by atoms with Crippen molar-refractivity contribution in [3.63, 3.8) is 0 Å². The molecule has 2 fully saturated rings. The zero-order valence-electron chi connectivity index (χ0n) is 11.1. The molecule has 0 N–H and O–H groups in total. The number of fused-ring (bicyclic) bond motifs is 3. The Hall–Kier alpha value is -1.09. The van der Waals surface area contributed by atoms with Crippen LogP contribution in [-0.4, -0.2) is 17.9 Å². The number of esters is 1. The average Bonchev–Trinajstić information content (AvgIpc) is 2.74. The van der Waals surface area contributed by atoms with E-state index in [0.717, 1.165) is 12.8 Å². The molecule has 0 radical (unpaired) electrons. The van der Waals surface area contributed by atoms with Gasteiger partial charge in [0.2, 0.25) is 0 Å². The minimum atomic E-state index is -0.729. The molecule has 2 aliphatic carbocycles. The van der Waals surface area contributed by atoms with E-state index in [-0.39, 0.29) is 28.6 Å². The molecular weight excluding hydrogens is 264 g/mol. The zero-order chi connectivity index (χ0) is 13.9. The monoisotopic (exact) mass is 280 g/mol. The molecule has 1 aliphatic heterocycles. The van der Waals surface area contributed by atoms with Gasteiger partial charge in [0.1, 0.15) is 6.10 Å². The molecule has 1 heterocycles. The summed E-state index contributed by atoms with van der Waals surface area (Å²) in [6.45, 7) is 7.86. The average molecular weight is 281 g/mol. The van der Waals surface area contributed by atoms with Crippen molar-refractivity contribution >= 4 is 23.4 Å². The van der Waals surface area contributed by atoms with Crippen molar-refractivity contribution in [2.45, 2.75) is 32.8 Å². The van der Waals surface area contributed by atoms with Gasteiger partial charge in [-0.05, 0) is 31.6 Å². The van der Waals surface area contributed by atoms with Gasteiger partial charge in [0, 0.05) is 11.5 Å². The van der Waals surface area contributed by atoms with Crippen LogP contribution in [0.1, 0.15) is 26.7 Å². The molecule has 0 unspecified atom stereocenters. The van der Waals surface area contributed by atoms with Gasteiger partial charge in [0.05, 0.1) is 10.4 Å². The first-order chi connectivity index (χ1) is 8.87. The zero-order valence-corrected chi connectivity index (χ0v) is 11.9. The fraction of sp³-hybridized carbons (Fsp3) is 0.600. The van der Waals surface area contributed by atoms with E-state index in [1.807, 2.05) is 13.0 Å². The van der Waals surface area contributed by atoms with Gasteiger partial charge in [-0.25, -0.2) is 4.79 Å². The van der Waals surface area contributed by atoms with E-state index in [1.165, 1.54) is 0 Å². The van der Waals surface area contributed by atoms with E-state index in [9.17, 15) is 9.59 Å². The molecule has 102 valence electrons. The maximum Gasteiger partial charge on any atom is 0.334 e. The maximum atomic E-state index is 12.5. The maximum absolute atomic E-state index is 12.5. The third kappa shape index (κ3) is 1.51. The Morgan fingerprint density at radius 1 is 1.42 bits per heavy atom. The Bertz CT molecular complexity index is 521. The second-order valence-electron chi connectivity index (χ2n) is 6.16. The molecule has 4 heteroatoms. The summed E-state index contributed by atoms with van der Waals surface area (Å²) in [5, 5.41) is 0.286. The first-order valence-electron chi connectivity index (χ1n) is 6.69. The van der Waals surface area contributed by atoms with Gasteiger partial charge < -0.3 is 4.74 Å². The normalized spacial score (nSPS) is 45.4. The fourth-order valence-corrected chi connectivity index (χ4v) is 4.32. The Balaban J connectivity index is 2.11. The molecule has 1 saturated heterocycles. The summed E-state index contributed by atoms with van der Waals surface area (Å²) in [5.74, 6) is -0.112. The number of hydrogen-bond donors (Lipinski definition) is 0. The highest BCUT2D eigenvalue weighted by Gasteiger charge is 2.61. The van der Waals surface area contributed by atoms with Gasteiger partial charge >= 0.3 is 5.97 Å². The number of Topliss-reactive ketones (excluding diaryl/α,β-unsaturated/α-hetero) is 1. The third-order valence-corrected chi connectivity index (χ3v) is 5.47. The highest BCUT2D eigenvalue weighted by atomic mass is 35.5. The summed E-state index contributed by atoms with van der Waals surface area (Å²) in [4.78, 5) is 24.3. The van der Waals surface area contributed by atoms with Crippen LogP contribution in [0.2, 0.25) is 0 Å². The Labute approximate surface area is 117 Å². The summed E-state index contributed by atoms with van der Waals surface area (Å²) < 4.78 is 5.49. The van der Waals surface area contributed by atoms with E-state index in [4.69, 9.17) is 16.3 Å². The van der Waals surface area contributed by atoms with Crippen LogP contribution in [0.15, 0.2) is 23.3 Å². The smallest absolute Gasteiger partial charge is 0.334 e. The first kappa shape index (κ1) is 12.9. The Morgan fingerprint density at radius 2 is 2.11 bits per heavy atom. The van der Waals surface area contributed by atoms with Crippen LogP contribution >= 0.6 is 11.6 Å². The van der Waals surface area contributed by atoms with Crippen LogP contribution in [0.25, 0.3) is 0 Å². The summed E-state index contributed by atoms with van der Waals surface area (Å²) in [6.07, 6.45) is 3.24. The SMILES string of the molecule is C=C1C(=O)O[C@@H]2[C@H]1CC[C@H](C)[C@@H]1C=C(Cl)C(=O)[C@@]21C. The number of halogens is 1. The van der Waals surface area contributed by atoms with E-state index >= 15 is 0 Å². The van der Waals surface area contributed by atoms with Crippen LogP contribution in [0, 0.1) is 23.2 Å². The predicted molar refractivity (Wildman–Crippen MR) is 71.4 cm³/mol. The van der Waals surface area contributed by atoms with Crippen LogP contribution < -0.4 is 0 Å². The number of allylic oxidation sites excluding steroid dienone is 2. The van der Waals surface area contributed by atoms with Crippen LogP contribution in [-0.2, 0) is 14.3 Å². The number of carbonyl (C=O) groups is 2. The molecule has 0 aromatic heterocycles. The van der Waals surface area contributed by atoms with Crippen molar-refractivity contribution in [2.24, 2.45) is 23.2 Å². The number of carbonyl (C=O) groups excluding carboxylic acids is 2. The number of rotatable bonds is 0. The van der Waals surface area contributed by atoms with E-state index in [2.05, 4.69) is 13.5 Å². The number of ketones is 1. The highest BCUT2D eigenvalue weighted by molar-refractivity contribution is 6.44. The second-order valence-corrected chi connectivity index (χ2v) is 6.57. The van der Waals surface area contributed by atoms with E-state index in [0.29, 0.717) is 11.5 Å². The summed E-state index contributed by atoms with van der Waals surface area (Å²) in [5.41, 5.74) is -0.220. The quantitative estimate of drug-likeness (QED) is 0.506. The molecule has 1 saturated carbocycles. The molecule has 0 aromatic carbocycles. The molecule has 0 bridgehead atoms. The van der Waals surface area contributed by atoms with Gasteiger partial charge in [0.15, 0.2) is 5.78 Å². The van der Waals surface area contributed by atoms with Crippen LogP contribution in [0.4, 0.5) is 0 Å². The lowest BCUT2D eigenvalue weighted by molar-refractivity contribution is -0.150. The van der Waals surface area contributed by atoms with E-state index in [1.54, 1.807) is 0 Å². The molecule has 5 atom stereocenters.